The molecule has 0 aliphatic heterocycles. The lowest BCUT2D eigenvalue weighted by atomic mass is 10.2. The van der Waals surface area contributed by atoms with Crippen molar-refractivity contribution in [1.29, 1.82) is 0 Å². The van der Waals surface area contributed by atoms with Gasteiger partial charge >= 0.3 is 6.18 Å². The summed E-state index contributed by atoms with van der Waals surface area (Å²) >= 11 is 11.0. The minimum absolute atomic E-state index is 0.127. The molecule has 0 bridgehead atoms. The molecule has 0 saturated carbocycles. The first-order valence-corrected chi connectivity index (χ1v) is 4.97. The minimum Gasteiger partial charge on any atom is -0.333 e. The van der Waals surface area contributed by atoms with Crippen molar-refractivity contribution in [2.45, 2.75) is 6.18 Å². The minimum atomic E-state index is -4.48. The highest BCUT2D eigenvalue weighted by Gasteiger charge is 2.32. The van der Waals surface area contributed by atoms with Crippen LogP contribution in [0.4, 0.5) is 13.2 Å². The first kappa shape index (κ1) is 14.0. The van der Waals surface area contributed by atoms with Gasteiger partial charge in [0, 0.05) is 7.05 Å². The summed E-state index contributed by atoms with van der Waals surface area (Å²) in [5.74, 6) is -0.927. The summed E-state index contributed by atoms with van der Waals surface area (Å²) in [6, 6.07) is 1.06. The highest BCUT2D eigenvalue weighted by Crippen LogP contribution is 2.20. The first-order valence-electron chi connectivity index (χ1n) is 4.21. The van der Waals surface area contributed by atoms with E-state index in [4.69, 9.17) is 23.2 Å². The third-order valence-corrected chi connectivity index (χ3v) is 2.18. The molecule has 1 aromatic heterocycles. The number of nitrogens with zero attached hydrogens (tertiary/aromatic N) is 3. The molecule has 0 fully saturated rings. The van der Waals surface area contributed by atoms with Crippen LogP contribution in [-0.2, 0) is 0 Å². The Balaban J connectivity index is 2.93. The largest absolute Gasteiger partial charge is 0.406 e. The average Bonchev–Trinajstić information content (AvgIpc) is 2.18. The first-order chi connectivity index (χ1) is 7.70. The van der Waals surface area contributed by atoms with Crippen molar-refractivity contribution >= 4 is 29.1 Å². The maximum Gasteiger partial charge on any atom is 0.406 e. The van der Waals surface area contributed by atoms with Gasteiger partial charge in [0.05, 0.1) is 5.56 Å². The van der Waals surface area contributed by atoms with Gasteiger partial charge in [0.25, 0.3) is 5.91 Å². The number of hydrogen-bond donors (Lipinski definition) is 0. The second-order valence-electron chi connectivity index (χ2n) is 3.15. The molecule has 0 saturated heterocycles. The van der Waals surface area contributed by atoms with Gasteiger partial charge in [0.1, 0.15) is 6.54 Å². The van der Waals surface area contributed by atoms with Gasteiger partial charge in [0.2, 0.25) is 0 Å². The van der Waals surface area contributed by atoms with Crippen molar-refractivity contribution in [3.8, 4) is 0 Å². The molecular formula is C8H6Cl2F3N3O. The molecule has 0 aliphatic carbocycles. The Morgan fingerprint density at radius 2 is 2.00 bits per heavy atom. The van der Waals surface area contributed by atoms with E-state index in [9.17, 15) is 18.0 Å². The summed E-state index contributed by atoms with van der Waals surface area (Å²) in [4.78, 5) is 12.1. The quantitative estimate of drug-likeness (QED) is 0.839. The molecule has 17 heavy (non-hydrogen) atoms. The zero-order valence-corrected chi connectivity index (χ0v) is 9.94. The van der Waals surface area contributed by atoms with Gasteiger partial charge in [-0.3, -0.25) is 4.79 Å². The summed E-state index contributed by atoms with van der Waals surface area (Å²) in [5, 5.41) is 6.26. The zero-order chi connectivity index (χ0) is 13.2. The van der Waals surface area contributed by atoms with E-state index < -0.39 is 18.6 Å². The molecule has 1 aromatic rings. The fourth-order valence-corrected chi connectivity index (χ4v) is 1.37. The van der Waals surface area contributed by atoms with E-state index in [1.54, 1.807) is 0 Å². The van der Waals surface area contributed by atoms with Gasteiger partial charge in [-0.2, -0.15) is 13.2 Å². The topological polar surface area (TPSA) is 46.1 Å². The van der Waals surface area contributed by atoms with Crippen LogP contribution in [0.5, 0.6) is 0 Å². The predicted molar refractivity (Wildman–Crippen MR) is 55.1 cm³/mol. The van der Waals surface area contributed by atoms with Crippen LogP contribution < -0.4 is 0 Å². The van der Waals surface area contributed by atoms with E-state index in [0.717, 1.165) is 13.1 Å². The number of amides is 1. The van der Waals surface area contributed by atoms with Gasteiger partial charge in [-0.25, -0.2) is 0 Å². The Hall–Kier alpha value is -1.08. The summed E-state index contributed by atoms with van der Waals surface area (Å²) in [6.07, 6.45) is -4.48. The Morgan fingerprint density at radius 1 is 1.41 bits per heavy atom. The molecule has 94 valence electrons. The summed E-state index contributed by atoms with van der Waals surface area (Å²) in [7, 11) is 1.00. The highest BCUT2D eigenvalue weighted by atomic mass is 35.5. The number of rotatable bonds is 2. The van der Waals surface area contributed by atoms with Crippen LogP contribution in [0, 0.1) is 0 Å². The van der Waals surface area contributed by atoms with Crippen molar-refractivity contribution in [2.75, 3.05) is 13.6 Å². The van der Waals surface area contributed by atoms with Crippen molar-refractivity contribution in [2.24, 2.45) is 0 Å². The van der Waals surface area contributed by atoms with E-state index >= 15 is 0 Å². The normalized spacial score (nSPS) is 11.4. The summed E-state index contributed by atoms with van der Waals surface area (Å²) in [5.41, 5.74) is -0.224. The highest BCUT2D eigenvalue weighted by molar-refractivity contribution is 6.34. The molecule has 0 atom stereocenters. The fourth-order valence-electron chi connectivity index (χ4n) is 1.05. The van der Waals surface area contributed by atoms with E-state index in [-0.39, 0.29) is 15.9 Å². The van der Waals surface area contributed by atoms with Gasteiger partial charge < -0.3 is 4.90 Å². The maximum atomic E-state index is 12.1. The van der Waals surface area contributed by atoms with Crippen LogP contribution >= 0.6 is 23.2 Å². The van der Waals surface area contributed by atoms with Gasteiger partial charge in [-0.1, -0.05) is 23.2 Å². The van der Waals surface area contributed by atoms with Gasteiger partial charge in [-0.15, -0.1) is 10.2 Å². The molecule has 9 heteroatoms. The average molecular weight is 288 g/mol. The van der Waals surface area contributed by atoms with Crippen LogP contribution in [0.15, 0.2) is 6.07 Å². The van der Waals surface area contributed by atoms with Gasteiger partial charge in [0.15, 0.2) is 10.3 Å². The summed E-state index contributed by atoms with van der Waals surface area (Å²) < 4.78 is 36.2. The molecule has 0 radical (unpaired) electrons. The number of alkyl halides is 3. The maximum absolute atomic E-state index is 12.1. The molecule has 1 amide bonds. The standard InChI is InChI=1S/C8H6Cl2F3N3O/c1-16(3-8(11,12)13)7(17)4-2-5(9)14-15-6(4)10/h2H,3H2,1H3. The molecule has 4 nitrogen and oxygen atoms in total. The number of halogens is 5. The van der Waals surface area contributed by atoms with E-state index in [0.29, 0.717) is 4.90 Å². The fraction of sp³-hybridized carbons (Fsp3) is 0.375. The van der Waals surface area contributed by atoms with E-state index in [1.165, 1.54) is 0 Å². The number of carbonyl (C=O) groups is 1. The number of hydrogen-bond acceptors (Lipinski definition) is 3. The third kappa shape index (κ3) is 4.01. The molecule has 0 spiro atoms. The second-order valence-corrected chi connectivity index (χ2v) is 3.89. The molecule has 0 aliphatic rings. The molecular weight excluding hydrogens is 282 g/mol. The Morgan fingerprint density at radius 3 is 2.53 bits per heavy atom. The number of aromatic nitrogens is 2. The Kier molecular flexibility index (Phi) is 4.16. The van der Waals surface area contributed by atoms with E-state index in [2.05, 4.69) is 10.2 Å². The third-order valence-electron chi connectivity index (χ3n) is 1.71. The van der Waals surface area contributed by atoms with Crippen molar-refractivity contribution in [1.82, 2.24) is 15.1 Å². The molecule has 0 unspecified atom stereocenters. The molecule has 0 aromatic carbocycles. The van der Waals surface area contributed by atoms with Gasteiger partial charge in [-0.05, 0) is 6.07 Å². The van der Waals surface area contributed by atoms with Crippen molar-refractivity contribution in [3.05, 3.63) is 21.9 Å². The smallest absolute Gasteiger partial charge is 0.333 e. The monoisotopic (exact) mass is 287 g/mol. The van der Waals surface area contributed by atoms with Crippen LogP contribution in [0.1, 0.15) is 10.4 Å². The second kappa shape index (κ2) is 5.05. The Labute approximate surface area is 104 Å². The molecule has 1 rings (SSSR count). The van der Waals surface area contributed by atoms with Crippen molar-refractivity contribution < 1.29 is 18.0 Å². The lowest BCUT2D eigenvalue weighted by Crippen LogP contribution is -2.36. The van der Waals surface area contributed by atoms with Crippen LogP contribution in [0.25, 0.3) is 0 Å². The summed E-state index contributed by atoms with van der Waals surface area (Å²) in [6.45, 7) is -1.39. The lowest BCUT2D eigenvalue weighted by Gasteiger charge is -2.19. The van der Waals surface area contributed by atoms with Crippen LogP contribution in [-0.4, -0.2) is 40.8 Å². The molecule has 1 heterocycles. The lowest BCUT2D eigenvalue weighted by molar-refractivity contribution is -0.138. The number of carbonyl (C=O) groups excluding carboxylic acids is 1. The predicted octanol–water partition coefficient (Wildman–Crippen LogP) is 2.42. The SMILES string of the molecule is CN(CC(F)(F)F)C(=O)c1cc(Cl)nnc1Cl. The van der Waals surface area contributed by atoms with Crippen LogP contribution in [0.2, 0.25) is 10.3 Å². The molecule has 0 N–H and O–H groups in total. The van der Waals surface area contributed by atoms with E-state index in [1.807, 2.05) is 0 Å². The van der Waals surface area contributed by atoms with Crippen molar-refractivity contribution in [3.63, 3.8) is 0 Å². The Bertz CT molecular complexity index is 439. The zero-order valence-electron chi connectivity index (χ0n) is 8.42. The van der Waals surface area contributed by atoms with Crippen LogP contribution in [0.3, 0.4) is 0 Å².